The molecule has 1 aromatic heterocycles. The normalized spacial score (nSPS) is 15.4. The summed E-state index contributed by atoms with van der Waals surface area (Å²) in [6.45, 7) is 2.80. The van der Waals surface area contributed by atoms with Crippen molar-refractivity contribution in [3.8, 4) is 0 Å². The molecule has 3 rings (SSSR count). The smallest absolute Gasteiger partial charge is 0.338 e. The van der Waals surface area contributed by atoms with Gasteiger partial charge in [-0.05, 0) is 12.5 Å². The predicted octanol–water partition coefficient (Wildman–Crippen LogP) is 1.58. The lowest BCUT2D eigenvalue weighted by atomic mass is 9.95. The fourth-order valence-corrected chi connectivity index (χ4v) is 2.87. The number of carbonyl (C=O) groups is 2. The molecule has 11 heteroatoms. The van der Waals surface area contributed by atoms with Gasteiger partial charge >= 0.3 is 11.9 Å². The van der Waals surface area contributed by atoms with Crippen molar-refractivity contribution >= 4 is 23.6 Å². The highest BCUT2D eigenvalue weighted by molar-refractivity contribution is 5.92. The van der Waals surface area contributed by atoms with Gasteiger partial charge in [0.2, 0.25) is 5.95 Å². The monoisotopic (exact) mass is 387 g/mol. The first-order valence-electron chi connectivity index (χ1n) is 8.36. The van der Waals surface area contributed by atoms with Crippen molar-refractivity contribution in [2.75, 3.05) is 18.5 Å². The molecule has 1 aliphatic heterocycles. The number of hydrogen-bond donors (Lipinski definition) is 1. The van der Waals surface area contributed by atoms with Crippen LogP contribution in [-0.4, -0.2) is 44.8 Å². The Morgan fingerprint density at radius 2 is 2.14 bits per heavy atom. The minimum Gasteiger partial charge on any atom is -0.463 e. The second-order valence-electron chi connectivity index (χ2n) is 5.80. The minimum atomic E-state index is -0.844. The van der Waals surface area contributed by atoms with Crippen LogP contribution in [0, 0.1) is 10.1 Å². The number of rotatable bonds is 6. The van der Waals surface area contributed by atoms with E-state index in [2.05, 4.69) is 15.4 Å². The number of nitro benzene ring substituents is 1. The van der Waals surface area contributed by atoms with Crippen LogP contribution in [0.4, 0.5) is 11.6 Å². The number of benzene rings is 1. The molecule has 0 saturated carbocycles. The molecule has 0 bridgehead atoms. The van der Waals surface area contributed by atoms with Crippen LogP contribution >= 0.6 is 0 Å². The van der Waals surface area contributed by atoms with Crippen LogP contribution in [0.2, 0.25) is 0 Å². The minimum absolute atomic E-state index is 0.120. The number of nitrogens with zero attached hydrogens (tertiary/aromatic N) is 4. The van der Waals surface area contributed by atoms with Crippen LogP contribution in [0.1, 0.15) is 25.5 Å². The predicted molar refractivity (Wildman–Crippen MR) is 95.2 cm³/mol. The van der Waals surface area contributed by atoms with Crippen LogP contribution in [0.15, 0.2) is 41.9 Å². The number of fused-ring (bicyclic) bond motifs is 1. The summed E-state index contributed by atoms with van der Waals surface area (Å²) in [5.41, 5.74) is 0.695. The molecule has 0 aliphatic carbocycles. The van der Waals surface area contributed by atoms with E-state index in [4.69, 9.17) is 9.47 Å². The van der Waals surface area contributed by atoms with E-state index < -0.39 is 22.9 Å². The van der Waals surface area contributed by atoms with Gasteiger partial charge in [0.15, 0.2) is 0 Å². The van der Waals surface area contributed by atoms with Crippen LogP contribution in [0.3, 0.4) is 0 Å². The maximum absolute atomic E-state index is 12.7. The van der Waals surface area contributed by atoms with Gasteiger partial charge in [-0.25, -0.2) is 9.48 Å². The van der Waals surface area contributed by atoms with E-state index in [1.54, 1.807) is 13.0 Å². The highest BCUT2D eigenvalue weighted by atomic mass is 16.6. The summed E-state index contributed by atoms with van der Waals surface area (Å²) in [7, 11) is 0. The maximum atomic E-state index is 12.7. The van der Waals surface area contributed by atoms with Gasteiger partial charge in [-0.15, -0.1) is 0 Å². The van der Waals surface area contributed by atoms with E-state index in [-0.39, 0.29) is 30.2 Å². The molecule has 0 radical (unpaired) electrons. The quantitative estimate of drug-likeness (QED) is 0.444. The number of hydrogen-bond acceptors (Lipinski definition) is 9. The summed E-state index contributed by atoms with van der Waals surface area (Å²) in [4.78, 5) is 38.7. The van der Waals surface area contributed by atoms with Crippen molar-refractivity contribution in [2.24, 2.45) is 0 Å². The highest BCUT2D eigenvalue weighted by Crippen LogP contribution is 2.36. The number of carbonyl (C=O) groups excluding carboxylic acids is 2. The Morgan fingerprint density at radius 3 is 2.82 bits per heavy atom. The first-order chi connectivity index (χ1) is 13.4. The molecule has 0 fully saturated rings. The van der Waals surface area contributed by atoms with E-state index in [9.17, 15) is 19.7 Å². The molecule has 146 valence electrons. The zero-order chi connectivity index (χ0) is 20.3. The van der Waals surface area contributed by atoms with Gasteiger partial charge in [0.1, 0.15) is 19.0 Å². The van der Waals surface area contributed by atoms with Crippen molar-refractivity contribution in [3.63, 3.8) is 0 Å². The van der Waals surface area contributed by atoms with E-state index in [1.807, 2.05) is 0 Å². The second kappa shape index (κ2) is 7.86. The third-order valence-corrected chi connectivity index (χ3v) is 3.99. The van der Waals surface area contributed by atoms with Gasteiger partial charge in [-0.2, -0.15) is 10.1 Å². The number of nitrogens with one attached hydrogen (secondary N) is 1. The molecule has 0 amide bonds. The van der Waals surface area contributed by atoms with Crippen LogP contribution in [-0.2, 0) is 19.1 Å². The molecule has 2 heterocycles. The summed E-state index contributed by atoms with van der Waals surface area (Å²) < 4.78 is 11.6. The summed E-state index contributed by atoms with van der Waals surface area (Å²) in [5, 5.41) is 18.2. The van der Waals surface area contributed by atoms with Crippen molar-refractivity contribution in [1.29, 1.82) is 0 Å². The Kier molecular flexibility index (Phi) is 5.34. The second-order valence-corrected chi connectivity index (χ2v) is 5.80. The summed E-state index contributed by atoms with van der Waals surface area (Å²) in [6.07, 6.45) is 1.28. The van der Waals surface area contributed by atoms with E-state index in [1.165, 1.54) is 36.1 Å². The number of aromatic nitrogens is 3. The van der Waals surface area contributed by atoms with E-state index in [0.29, 0.717) is 11.5 Å². The molecule has 0 saturated heterocycles. The average Bonchev–Trinajstić information content (AvgIpc) is 3.13. The molecular formula is C17H17N5O6. The van der Waals surface area contributed by atoms with Crippen LogP contribution in [0.5, 0.6) is 0 Å². The third-order valence-electron chi connectivity index (χ3n) is 3.99. The summed E-state index contributed by atoms with van der Waals surface area (Å²) in [5.74, 6) is -0.891. The molecular weight excluding hydrogens is 370 g/mol. The first-order valence-corrected chi connectivity index (χ1v) is 8.36. The Bertz CT molecular complexity index is 966. The molecule has 1 atom stereocenters. The molecule has 1 aliphatic rings. The Hall–Kier alpha value is -3.76. The SMILES string of the molecule is CCOC(=O)C1=C(COC(C)=O)Nc2ncnn2C1c1cccc([N+](=O)[O-])c1. The zero-order valence-corrected chi connectivity index (χ0v) is 15.1. The van der Waals surface area contributed by atoms with Gasteiger partial charge in [-0.3, -0.25) is 14.9 Å². The molecule has 1 unspecified atom stereocenters. The summed E-state index contributed by atoms with van der Waals surface area (Å²) in [6, 6.07) is 5.01. The van der Waals surface area contributed by atoms with Gasteiger partial charge in [0.05, 0.1) is 22.8 Å². The maximum Gasteiger partial charge on any atom is 0.338 e. The Balaban J connectivity index is 2.17. The topological polar surface area (TPSA) is 138 Å². The third kappa shape index (κ3) is 3.68. The molecule has 1 N–H and O–H groups in total. The van der Waals surface area contributed by atoms with Crippen LogP contribution in [0.25, 0.3) is 0 Å². The highest BCUT2D eigenvalue weighted by Gasteiger charge is 2.36. The number of ether oxygens (including phenoxy) is 2. The Morgan fingerprint density at radius 1 is 1.36 bits per heavy atom. The number of esters is 2. The number of non-ortho nitro benzene ring substituents is 1. The molecule has 11 nitrogen and oxygen atoms in total. The van der Waals surface area contributed by atoms with E-state index in [0.717, 1.165) is 0 Å². The largest absolute Gasteiger partial charge is 0.463 e. The standard InChI is InChI=1S/C17H17N5O6/c1-3-27-16(24)14-13(8-28-10(2)23)20-17-18-9-19-21(17)15(14)11-5-4-6-12(7-11)22(25)26/h4-7,9,15H,3,8H2,1-2H3,(H,18,19,20). The van der Waals surface area contributed by atoms with Crippen molar-refractivity contribution in [3.05, 3.63) is 57.5 Å². The zero-order valence-electron chi connectivity index (χ0n) is 15.1. The fraction of sp³-hybridized carbons (Fsp3) is 0.294. The van der Waals surface area contributed by atoms with Gasteiger partial charge in [0.25, 0.3) is 5.69 Å². The Labute approximate surface area is 159 Å². The lowest BCUT2D eigenvalue weighted by molar-refractivity contribution is -0.384. The number of nitro groups is 1. The van der Waals surface area contributed by atoms with Gasteiger partial charge in [-0.1, -0.05) is 12.1 Å². The van der Waals surface area contributed by atoms with Gasteiger partial charge in [0, 0.05) is 19.1 Å². The van der Waals surface area contributed by atoms with Crippen molar-refractivity contribution < 1.29 is 24.0 Å². The fourth-order valence-electron chi connectivity index (χ4n) is 2.87. The van der Waals surface area contributed by atoms with Crippen molar-refractivity contribution in [1.82, 2.24) is 14.8 Å². The lowest BCUT2D eigenvalue weighted by Gasteiger charge is -2.29. The number of anilines is 1. The first kappa shape index (κ1) is 19.0. The van der Waals surface area contributed by atoms with Crippen molar-refractivity contribution in [2.45, 2.75) is 19.9 Å². The molecule has 2 aromatic rings. The molecule has 0 spiro atoms. The average molecular weight is 387 g/mol. The van der Waals surface area contributed by atoms with Gasteiger partial charge < -0.3 is 14.8 Å². The van der Waals surface area contributed by atoms with Crippen LogP contribution < -0.4 is 5.32 Å². The molecule has 28 heavy (non-hydrogen) atoms. The van der Waals surface area contributed by atoms with E-state index >= 15 is 0 Å². The molecule has 1 aromatic carbocycles. The summed E-state index contributed by atoms with van der Waals surface area (Å²) >= 11 is 0. The lowest BCUT2D eigenvalue weighted by Crippen LogP contribution is -2.32.